The van der Waals surface area contributed by atoms with Crippen molar-refractivity contribution in [2.75, 3.05) is 38.2 Å². The summed E-state index contributed by atoms with van der Waals surface area (Å²) in [7, 11) is 1.60. The molecule has 37 heavy (non-hydrogen) atoms. The topological polar surface area (TPSA) is 54.4 Å². The van der Waals surface area contributed by atoms with Crippen LogP contribution in [0.4, 0.5) is 10.1 Å². The Morgan fingerprint density at radius 2 is 1.65 bits per heavy atom. The maximum Gasteiger partial charge on any atom is 0.286 e. The molecule has 192 valence electrons. The van der Waals surface area contributed by atoms with Gasteiger partial charge in [0.2, 0.25) is 0 Å². The highest BCUT2D eigenvalue weighted by molar-refractivity contribution is 8.18. The van der Waals surface area contributed by atoms with Gasteiger partial charge in [0, 0.05) is 31.9 Å². The summed E-state index contributed by atoms with van der Waals surface area (Å²) in [6.45, 7) is 3.48. The molecule has 1 saturated heterocycles. The van der Waals surface area contributed by atoms with Crippen LogP contribution < -0.4 is 14.4 Å². The van der Waals surface area contributed by atoms with Gasteiger partial charge in [0.25, 0.3) is 5.91 Å². The maximum atomic E-state index is 13.2. The molecule has 0 bridgehead atoms. The molecule has 2 aliphatic rings. The minimum absolute atomic E-state index is 0. The second kappa shape index (κ2) is 12.2. The van der Waals surface area contributed by atoms with Crippen molar-refractivity contribution in [1.82, 2.24) is 4.90 Å². The summed E-state index contributed by atoms with van der Waals surface area (Å²) in [4.78, 5) is 21.8. The van der Waals surface area contributed by atoms with E-state index in [2.05, 4.69) is 14.8 Å². The Hall–Kier alpha value is -3.49. The number of ether oxygens (including phenoxy) is 2. The fourth-order valence-corrected chi connectivity index (χ4v) is 5.09. The van der Waals surface area contributed by atoms with Crippen LogP contribution in [0.25, 0.3) is 6.08 Å². The van der Waals surface area contributed by atoms with Gasteiger partial charge in [-0.25, -0.2) is 4.39 Å². The zero-order chi connectivity index (χ0) is 24.9. The van der Waals surface area contributed by atoms with Crippen molar-refractivity contribution in [2.24, 2.45) is 4.99 Å². The van der Waals surface area contributed by atoms with Crippen molar-refractivity contribution >= 4 is 47.0 Å². The van der Waals surface area contributed by atoms with E-state index in [0.717, 1.165) is 48.2 Å². The molecule has 0 aromatic heterocycles. The van der Waals surface area contributed by atoms with Crippen LogP contribution in [0.5, 0.6) is 11.5 Å². The first kappa shape index (κ1) is 26.6. The molecule has 0 unspecified atom stereocenters. The Balaban J connectivity index is 0.00000320. The monoisotopic (exact) mass is 539 g/mol. The van der Waals surface area contributed by atoms with E-state index in [4.69, 9.17) is 9.47 Å². The first-order valence-corrected chi connectivity index (χ1v) is 12.5. The van der Waals surface area contributed by atoms with Crippen molar-refractivity contribution in [2.45, 2.75) is 6.61 Å². The van der Waals surface area contributed by atoms with Crippen LogP contribution in [0.1, 0.15) is 11.1 Å². The molecule has 0 N–H and O–H groups in total. The summed E-state index contributed by atoms with van der Waals surface area (Å²) in [5.41, 5.74) is 2.91. The third kappa shape index (κ3) is 6.45. The second-order valence-electron chi connectivity index (χ2n) is 8.45. The van der Waals surface area contributed by atoms with E-state index >= 15 is 0 Å². The third-order valence-electron chi connectivity index (χ3n) is 6.07. The minimum Gasteiger partial charge on any atom is -0.493 e. The van der Waals surface area contributed by atoms with Crippen LogP contribution in [0.3, 0.4) is 0 Å². The van der Waals surface area contributed by atoms with Crippen LogP contribution in [0.15, 0.2) is 82.7 Å². The molecule has 3 aromatic carbocycles. The van der Waals surface area contributed by atoms with Gasteiger partial charge in [-0.05, 0) is 65.4 Å². The summed E-state index contributed by atoms with van der Waals surface area (Å²) in [6, 6.07) is 22.1. The molecule has 0 saturated carbocycles. The van der Waals surface area contributed by atoms with Crippen molar-refractivity contribution < 1.29 is 18.7 Å². The number of anilines is 1. The van der Waals surface area contributed by atoms with Crippen LogP contribution in [-0.4, -0.2) is 49.3 Å². The standard InChI is InChI=1S/C28H26FN3O3S.ClH/c1-34-25-17-21(7-12-24(25)35-19-20-5-3-2-4-6-20)18-26-27(33)30-28(36-26)32-15-13-31(14-16-32)23-10-8-22(29)9-11-23;/h2-12,17-18H,13-16,19H2,1H3;1H/b26-18-;. The van der Waals surface area contributed by atoms with Gasteiger partial charge in [0.05, 0.1) is 12.0 Å². The van der Waals surface area contributed by atoms with E-state index < -0.39 is 0 Å². The molecule has 0 radical (unpaired) electrons. The van der Waals surface area contributed by atoms with Crippen molar-refractivity contribution in [3.05, 3.63) is 94.6 Å². The van der Waals surface area contributed by atoms with Gasteiger partial charge >= 0.3 is 0 Å². The number of carbonyl (C=O) groups excluding carboxylic acids is 1. The summed E-state index contributed by atoms with van der Waals surface area (Å²) < 4.78 is 24.7. The normalized spacial score (nSPS) is 16.4. The molecule has 0 aliphatic carbocycles. The summed E-state index contributed by atoms with van der Waals surface area (Å²) in [5.74, 6) is 0.775. The lowest BCUT2D eigenvalue weighted by atomic mass is 10.2. The highest BCUT2D eigenvalue weighted by atomic mass is 35.5. The first-order chi connectivity index (χ1) is 17.6. The van der Waals surface area contributed by atoms with Crippen molar-refractivity contribution in [3.8, 4) is 11.5 Å². The van der Waals surface area contributed by atoms with Gasteiger partial charge in [-0.3, -0.25) is 4.79 Å². The molecule has 1 fully saturated rings. The van der Waals surface area contributed by atoms with Gasteiger partial charge < -0.3 is 19.3 Å². The van der Waals surface area contributed by atoms with E-state index in [0.29, 0.717) is 23.0 Å². The van der Waals surface area contributed by atoms with E-state index in [-0.39, 0.29) is 24.1 Å². The van der Waals surface area contributed by atoms with Crippen LogP contribution in [-0.2, 0) is 11.4 Å². The van der Waals surface area contributed by atoms with Gasteiger partial charge in [0.15, 0.2) is 16.7 Å². The molecule has 0 atom stereocenters. The summed E-state index contributed by atoms with van der Waals surface area (Å²) in [6.07, 6.45) is 1.84. The molecule has 3 aromatic rings. The zero-order valence-corrected chi connectivity index (χ0v) is 21.9. The Bertz CT molecular complexity index is 1290. The lowest BCUT2D eigenvalue weighted by molar-refractivity contribution is -0.113. The number of amidine groups is 1. The number of nitrogens with zero attached hydrogens (tertiary/aromatic N) is 3. The highest BCUT2D eigenvalue weighted by Crippen LogP contribution is 2.34. The van der Waals surface area contributed by atoms with Gasteiger partial charge in [0.1, 0.15) is 12.4 Å². The maximum absolute atomic E-state index is 13.2. The van der Waals surface area contributed by atoms with Gasteiger partial charge in [-0.1, -0.05) is 36.4 Å². The van der Waals surface area contributed by atoms with Crippen LogP contribution >= 0.6 is 24.2 Å². The minimum atomic E-state index is -0.237. The molecule has 1 amide bonds. The summed E-state index contributed by atoms with van der Waals surface area (Å²) in [5, 5.41) is 0.722. The molecule has 2 heterocycles. The van der Waals surface area contributed by atoms with E-state index in [1.54, 1.807) is 19.2 Å². The average Bonchev–Trinajstić information content (AvgIpc) is 3.28. The number of methoxy groups -OCH3 is 1. The molecular formula is C28H27ClFN3O3S. The Kier molecular flexibility index (Phi) is 8.74. The molecule has 6 nitrogen and oxygen atoms in total. The Morgan fingerprint density at radius 3 is 2.35 bits per heavy atom. The molecular weight excluding hydrogens is 513 g/mol. The van der Waals surface area contributed by atoms with E-state index in [1.807, 2.05) is 54.6 Å². The van der Waals surface area contributed by atoms with E-state index in [1.165, 1.54) is 23.9 Å². The van der Waals surface area contributed by atoms with Crippen molar-refractivity contribution in [3.63, 3.8) is 0 Å². The fraction of sp³-hybridized carbons (Fsp3) is 0.214. The summed E-state index contributed by atoms with van der Waals surface area (Å²) >= 11 is 1.39. The number of rotatable bonds is 6. The number of benzene rings is 3. The first-order valence-electron chi connectivity index (χ1n) is 11.7. The lowest BCUT2D eigenvalue weighted by Crippen LogP contribution is -2.47. The quantitative estimate of drug-likeness (QED) is 0.379. The second-order valence-corrected chi connectivity index (χ2v) is 9.45. The number of thioether (sulfide) groups is 1. The number of carbonyl (C=O) groups is 1. The van der Waals surface area contributed by atoms with Crippen LogP contribution in [0.2, 0.25) is 0 Å². The number of amides is 1. The van der Waals surface area contributed by atoms with Crippen molar-refractivity contribution in [1.29, 1.82) is 0 Å². The Labute approximate surface area is 226 Å². The number of hydrogen-bond donors (Lipinski definition) is 0. The highest BCUT2D eigenvalue weighted by Gasteiger charge is 2.28. The lowest BCUT2D eigenvalue weighted by Gasteiger charge is -2.36. The molecule has 9 heteroatoms. The third-order valence-corrected chi connectivity index (χ3v) is 7.12. The largest absolute Gasteiger partial charge is 0.493 e. The van der Waals surface area contributed by atoms with Gasteiger partial charge in [-0.2, -0.15) is 4.99 Å². The molecule has 0 spiro atoms. The fourth-order valence-electron chi connectivity index (χ4n) is 4.12. The molecule has 2 aliphatic heterocycles. The number of halogens is 2. The SMILES string of the molecule is COc1cc(/C=C2\SC(N3CCN(c4ccc(F)cc4)CC3)=NC2=O)ccc1OCc1ccccc1.Cl. The Morgan fingerprint density at radius 1 is 0.946 bits per heavy atom. The smallest absolute Gasteiger partial charge is 0.286 e. The zero-order valence-electron chi connectivity index (χ0n) is 20.3. The van der Waals surface area contributed by atoms with E-state index in [9.17, 15) is 9.18 Å². The number of hydrogen-bond acceptors (Lipinski definition) is 6. The molecule has 5 rings (SSSR count). The van der Waals surface area contributed by atoms with Crippen LogP contribution in [0, 0.1) is 5.82 Å². The predicted molar refractivity (Wildman–Crippen MR) is 149 cm³/mol. The predicted octanol–water partition coefficient (Wildman–Crippen LogP) is 5.63. The number of piperazine rings is 1. The van der Waals surface area contributed by atoms with Gasteiger partial charge in [-0.15, -0.1) is 12.4 Å². The number of aliphatic imine (C=N–C) groups is 1. The average molecular weight is 540 g/mol.